The van der Waals surface area contributed by atoms with Crippen LogP contribution in [-0.2, 0) is 14.3 Å². The summed E-state index contributed by atoms with van der Waals surface area (Å²) < 4.78 is 16.2. The van der Waals surface area contributed by atoms with Gasteiger partial charge in [-0.25, -0.2) is 5.01 Å². The smallest absolute Gasteiger partial charge is 0.262 e. The molecule has 0 aromatic heterocycles. The number of methoxy groups -OCH3 is 3. The van der Waals surface area contributed by atoms with Gasteiger partial charge in [0, 0.05) is 42.1 Å². The van der Waals surface area contributed by atoms with Crippen molar-refractivity contribution in [2.75, 3.05) is 41.0 Å². The molecule has 0 fully saturated rings. The molecule has 2 aromatic carbocycles. The molecule has 0 saturated heterocycles. The fraction of sp³-hybridized carbons (Fsp3) is 0.423. The van der Waals surface area contributed by atoms with Crippen LogP contribution in [0, 0.1) is 5.92 Å². The van der Waals surface area contributed by atoms with Crippen LogP contribution in [0.15, 0.2) is 47.6 Å². The Bertz CT molecular complexity index is 1090. The third-order valence-corrected chi connectivity index (χ3v) is 6.17. The van der Waals surface area contributed by atoms with E-state index in [2.05, 4.69) is 0 Å². The van der Waals surface area contributed by atoms with Crippen molar-refractivity contribution in [1.29, 1.82) is 0 Å². The number of carbonyl (C=O) groups excluding carboxylic acids is 2. The maximum Gasteiger partial charge on any atom is 0.262 e. The summed E-state index contributed by atoms with van der Waals surface area (Å²) in [6, 6.07) is 12.4. The lowest BCUT2D eigenvalue weighted by atomic mass is 9.97. The van der Waals surface area contributed by atoms with E-state index in [1.165, 1.54) is 9.91 Å². The summed E-state index contributed by atoms with van der Waals surface area (Å²) >= 11 is 6.45. The highest BCUT2D eigenvalue weighted by Gasteiger charge is 2.36. The molecule has 1 aliphatic heterocycles. The van der Waals surface area contributed by atoms with Gasteiger partial charge in [-0.05, 0) is 24.3 Å². The van der Waals surface area contributed by atoms with Gasteiger partial charge < -0.3 is 19.1 Å². The molecule has 188 valence electrons. The Labute approximate surface area is 211 Å². The van der Waals surface area contributed by atoms with Gasteiger partial charge in [-0.15, -0.1) is 0 Å². The van der Waals surface area contributed by atoms with E-state index in [4.69, 9.17) is 30.9 Å². The van der Waals surface area contributed by atoms with E-state index < -0.39 is 6.04 Å². The number of rotatable bonds is 10. The maximum absolute atomic E-state index is 13.6. The van der Waals surface area contributed by atoms with E-state index in [1.54, 1.807) is 53.4 Å². The Kier molecular flexibility index (Phi) is 9.12. The van der Waals surface area contributed by atoms with Crippen LogP contribution in [0.5, 0.6) is 11.5 Å². The van der Waals surface area contributed by atoms with Gasteiger partial charge in [0.15, 0.2) is 0 Å². The molecule has 0 radical (unpaired) electrons. The van der Waals surface area contributed by atoms with Gasteiger partial charge in [-0.2, -0.15) is 5.10 Å². The normalized spacial score (nSPS) is 15.2. The first-order chi connectivity index (χ1) is 16.8. The van der Waals surface area contributed by atoms with Crippen molar-refractivity contribution >= 4 is 29.1 Å². The number of nitrogens with zero attached hydrogens (tertiary/aromatic N) is 3. The van der Waals surface area contributed by atoms with Gasteiger partial charge >= 0.3 is 0 Å². The van der Waals surface area contributed by atoms with E-state index in [-0.39, 0.29) is 24.3 Å². The number of ether oxygens (including phenoxy) is 3. The van der Waals surface area contributed by atoms with Crippen molar-refractivity contribution in [2.45, 2.75) is 26.3 Å². The minimum Gasteiger partial charge on any atom is -0.497 e. The summed E-state index contributed by atoms with van der Waals surface area (Å²) in [7, 11) is 4.72. The van der Waals surface area contributed by atoms with Gasteiger partial charge in [0.2, 0.25) is 5.91 Å². The zero-order chi connectivity index (χ0) is 25.5. The lowest BCUT2D eigenvalue weighted by molar-refractivity contribution is -0.143. The largest absolute Gasteiger partial charge is 0.497 e. The molecule has 1 aliphatic rings. The zero-order valence-corrected chi connectivity index (χ0v) is 21.5. The predicted octanol–water partition coefficient (Wildman–Crippen LogP) is 4.17. The molecule has 0 unspecified atom stereocenters. The molecule has 8 nitrogen and oxygen atoms in total. The van der Waals surface area contributed by atoms with Crippen molar-refractivity contribution in [2.24, 2.45) is 11.0 Å². The quantitative estimate of drug-likeness (QED) is 0.488. The van der Waals surface area contributed by atoms with Gasteiger partial charge in [-0.1, -0.05) is 43.6 Å². The second kappa shape index (κ2) is 12.0. The molecule has 35 heavy (non-hydrogen) atoms. The lowest BCUT2D eigenvalue weighted by Crippen LogP contribution is -2.44. The molecule has 3 rings (SSSR count). The second-order valence-corrected chi connectivity index (χ2v) is 8.91. The molecule has 1 heterocycles. The van der Waals surface area contributed by atoms with Crippen LogP contribution in [-0.4, -0.2) is 68.5 Å². The van der Waals surface area contributed by atoms with E-state index in [1.807, 2.05) is 24.3 Å². The number of hydrazone groups is 1. The highest BCUT2D eigenvalue weighted by molar-refractivity contribution is 6.34. The number of carbonyl (C=O) groups is 2. The van der Waals surface area contributed by atoms with E-state index in [9.17, 15) is 9.59 Å². The third kappa shape index (κ3) is 6.13. The summed E-state index contributed by atoms with van der Waals surface area (Å²) in [5, 5.41) is 6.68. The van der Waals surface area contributed by atoms with Crippen LogP contribution in [0.1, 0.15) is 37.4 Å². The molecular formula is C26H32ClN3O5. The molecule has 0 aliphatic carbocycles. The minimum atomic E-state index is -0.461. The standard InChI is InChI=1S/C26H32ClN3O5/c1-17(2)26(32)29(12-13-33-3)16-25(31)30-23(20-14-18(34-4)10-11-24(20)35-5)15-22(28-30)19-8-6-7-9-21(19)27/h6-11,14,17,23H,12-13,15-16H2,1-5H3/t23-/m1/s1. The molecular weight excluding hydrogens is 470 g/mol. The molecule has 0 bridgehead atoms. The van der Waals surface area contributed by atoms with Crippen LogP contribution in [0.3, 0.4) is 0 Å². The van der Waals surface area contributed by atoms with Crippen molar-refractivity contribution in [3.8, 4) is 11.5 Å². The Morgan fingerprint density at radius 1 is 1.14 bits per heavy atom. The van der Waals surface area contributed by atoms with Crippen LogP contribution in [0.4, 0.5) is 0 Å². The fourth-order valence-electron chi connectivity index (χ4n) is 4.01. The van der Waals surface area contributed by atoms with Crippen LogP contribution >= 0.6 is 11.6 Å². The number of hydrogen-bond donors (Lipinski definition) is 0. The molecule has 1 atom stereocenters. The van der Waals surface area contributed by atoms with Gasteiger partial charge in [0.25, 0.3) is 5.91 Å². The van der Waals surface area contributed by atoms with E-state index >= 15 is 0 Å². The summed E-state index contributed by atoms with van der Waals surface area (Å²) in [4.78, 5) is 27.9. The topological polar surface area (TPSA) is 80.7 Å². The average Bonchev–Trinajstić information content (AvgIpc) is 3.31. The number of hydrogen-bond acceptors (Lipinski definition) is 6. The molecule has 2 amide bonds. The van der Waals surface area contributed by atoms with Crippen molar-refractivity contribution < 1.29 is 23.8 Å². The molecule has 2 aromatic rings. The number of halogens is 1. The minimum absolute atomic E-state index is 0.123. The predicted molar refractivity (Wildman–Crippen MR) is 135 cm³/mol. The highest BCUT2D eigenvalue weighted by atomic mass is 35.5. The Morgan fingerprint density at radius 3 is 2.51 bits per heavy atom. The zero-order valence-electron chi connectivity index (χ0n) is 20.8. The van der Waals surface area contributed by atoms with Crippen LogP contribution < -0.4 is 9.47 Å². The van der Waals surface area contributed by atoms with Crippen LogP contribution in [0.2, 0.25) is 5.02 Å². The van der Waals surface area contributed by atoms with Crippen LogP contribution in [0.25, 0.3) is 0 Å². The first kappa shape index (κ1) is 26.5. The van der Waals surface area contributed by atoms with Gasteiger partial charge in [-0.3, -0.25) is 9.59 Å². The molecule has 0 saturated carbocycles. The Hall–Kier alpha value is -3.10. The van der Waals surface area contributed by atoms with Gasteiger partial charge in [0.05, 0.1) is 32.6 Å². The number of benzene rings is 2. The summed E-state index contributed by atoms with van der Waals surface area (Å²) in [6.07, 6.45) is 0.426. The second-order valence-electron chi connectivity index (χ2n) is 8.50. The summed E-state index contributed by atoms with van der Waals surface area (Å²) in [5.74, 6) is 0.553. The first-order valence-electron chi connectivity index (χ1n) is 11.4. The summed E-state index contributed by atoms with van der Waals surface area (Å²) in [5.41, 5.74) is 2.19. The summed E-state index contributed by atoms with van der Waals surface area (Å²) in [6.45, 7) is 4.12. The highest BCUT2D eigenvalue weighted by Crippen LogP contribution is 2.40. The van der Waals surface area contributed by atoms with Crippen molar-refractivity contribution in [1.82, 2.24) is 9.91 Å². The first-order valence-corrected chi connectivity index (χ1v) is 11.8. The van der Waals surface area contributed by atoms with E-state index in [0.717, 1.165) is 11.1 Å². The van der Waals surface area contributed by atoms with Crippen molar-refractivity contribution in [3.63, 3.8) is 0 Å². The molecule has 0 N–H and O–H groups in total. The SMILES string of the molecule is COCCN(CC(=O)N1N=C(c2ccccc2Cl)C[C@@H]1c1cc(OC)ccc1OC)C(=O)C(C)C. The molecule has 0 spiro atoms. The third-order valence-electron chi connectivity index (χ3n) is 5.84. The maximum atomic E-state index is 13.6. The number of amides is 2. The molecule has 9 heteroatoms. The van der Waals surface area contributed by atoms with Crippen molar-refractivity contribution in [3.05, 3.63) is 58.6 Å². The monoisotopic (exact) mass is 501 g/mol. The fourth-order valence-corrected chi connectivity index (χ4v) is 4.25. The van der Waals surface area contributed by atoms with Gasteiger partial charge in [0.1, 0.15) is 18.0 Å². The van der Waals surface area contributed by atoms with E-state index in [0.29, 0.717) is 41.8 Å². The lowest BCUT2D eigenvalue weighted by Gasteiger charge is -2.28. The average molecular weight is 502 g/mol. The Balaban J connectivity index is 2.01. The Morgan fingerprint density at radius 2 is 1.89 bits per heavy atom.